The molecular weight excluding hydrogens is 368 g/mol. The van der Waals surface area contributed by atoms with Gasteiger partial charge in [0.25, 0.3) is 0 Å². The van der Waals surface area contributed by atoms with Crippen LogP contribution in [0, 0.1) is 5.92 Å². The van der Waals surface area contributed by atoms with Crippen molar-refractivity contribution in [3.8, 4) is 11.5 Å². The Kier molecular flexibility index (Phi) is 3.97. The molecule has 4 fully saturated rings. The van der Waals surface area contributed by atoms with Crippen LogP contribution in [0.2, 0.25) is 0 Å². The van der Waals surface area contributed by atoms with Gasteiger partial charge >= 0.3 is 0 Å². The van der Waals surface area contributed by atoms with Crippen LogP contribution in [-0.2, 0) is 11.2 Å². The monoisotopic (exact) mass is 392 g/mol. The van der Waals surface area contributed by atoms with Gasteiger partial charge in [0, 0.05) is 37.1 Å². The summed E-state index contributed by atoms with van der Waals surface area (Å²) in [5.74, 6) is 2.68. The van der Waals surface area contributed by atoms with Crippen LogP contribution in [0.5, 0.6) is 11.5 Å². The Hall–Kier alpha value is -2.67. The molecule has 150 valence electrons. The summed E-state index contributed by atoms with van der Waals surface area (Å²) in [6, 6.07) is 6.94. The summed E-state index contributed by atoms with van der Waals surface area (Å²) in [7, 11) is 0. The van der Waals surface area contributed by atoms with E-state index in [0.29, 0.717) is 24.3 Å². The molecule has 7 rings (SSSR count). The average molecular weight is 392 g/mol. The molecule has 7 nitrogen and oxygen atoms in total. The highest BCUT2D eigenvalue weighted by Gasteiger charge is 2.54. The molecule has 29 heavy (non-hydrogen) atoms. The van der Waals surface area contributed by atoms with Gasteiger partial charge in [0.15, 0.2) is 11.5 Å². The molecule has 7 heteroatoms. The number of hydrogen-bond acceptors (Lipinski definition) is 6. The minimum atomic E-state index is 0.164. The Morgan fingerprint density at radius 1 is 1.10 bits per heavy atom. The Balaban J connectivity index is 1.32. The van der Waals surface area contributed by atoms with Crippen LogP contribution in [0.15, 0.2) is 36.8 Å². The minimum Gasteiger partial charge on any atom is -0.454 e. The highest BCUT2D eigenvalue weighted by atomic mass is 16.7. The first kappa shape index (κ1) is 17.2. The predicted molar refractivity (Wildman–Crippen MR) is 105 cm³/mol. The Morgan fingerprint density at radius 2 is 1.97 bits per heavy atom. The Labute approximate surface area is 169 Å². The van der Waals surface area contributed by atoms with E-state index >= 15 is 0 Å². The lowest BCUT2D eigenvalue weighted by molar-refractivity contribution is -0.135. The molecule has 0 spiro atoms. The van der Waals surface area contributed by atoms with Crippen LogP contribution in [-0.4, -0.2) is 64.2 Å². The van der Waals surface area contributed by atoms with Crippen molar-refractivity contribution in [2.45, 2.75) is 37.3 Å². The van der Waals surface area contributed by atoms with Gasteiger partial charge in [-0.3, -0.25) is 19.7 Å². The van der Waals surface area contributed by atoms with E-state index in [2.05, 4.69) is 31.9 Å². The first-order valence-electron chi connectivity index (χ1n) is 10.5. The highest BCUT2D eigenvalue weighted by Crippen LogP contribution is 2.48. The molecule has 4 saturated heterocycles. The SMILES string of the molecule is O=C(Cc1cnccn1)N1C[C@@H](c2ccc3c(c2)OCO3)[C@@H]2[C@H]1C1CCN2CC1. The number of piperidine rings is 3. The zero-order valence-electron chi connectivity index (χ0n) is 16.2. The lowest BCUT2D eigenvalue weighted by Gasteiger charge is -2.51. The fourth-order valence-corrected chi connectivity index (χ4v) is 5.82. The Bertz CT molecular complexity index is 929. The van der Waals surface area contributed by atoms with E-state index in [1.165, 1.54) is 18.4 Å². The number of ether oxygens (including phenoxy) is 2. The van der Waals surface area contributed by atoms with Gasteiger partial charge < -0.3 is 14.4 Å². The van der Waals surface area contributed by atoms with E-state index < -0.39 is 0 Å². The van der Waals surface area contributed by atoms with Crippen LogP contribution in [0.4, 0.5) is 0 Å². The average Bonchev–Trinajstić information content (AvgIpc) is 3.41. The van der Waals surface area contributed by atoms with E-state index in [4.69, 9.17) is 9.47 Å². The Morgan fingerprint density at radius 3 is 2.79 bits per heavy atom. The highest BCUT2D eigenvalue weighted by molar-refractivity contribution is 5.79. The molecular formula is C22H24N4O3. The molecule has 3 atom stereocenters. The third kappa shape index (κ3) is 2.79. The van der Waals surface area contributed by atoms with Gasteiger partial charge in [0.2, 0.25) is 12.7 Å². The van der Waals surface area contributed by atoms with Crippen molar-refractivity contribution in [1.82, 2.24) is 19.8 Å². The van der Waals surface area contributed by atoms with Crippen molar-refractivity contribution in [2.24, 2.45) is 5.92 Å². The second-order valence-electron chi connectivity index (χ2n) is 8.49. The van der Waals surface area contributed by atoms with Gasteiger partial charge in [-0.05, 0) is 49.5 Å². The number of hydrogen-bond donors (Lipinski definition) is 0. The summed E-state index contributed by atoms with van der Waals surface area (Å²) >= 11 is 0. The van der Waals surface area contributed by atoms with Crippen molar-refractivity contribution in [2.75, 3.05) is 26.4 Å². The molecule has 5 aliphatic heterocycles. The molecule has 1 aromatic carbocycles. The largest absolute Gasteiger partial charge is 0.454 e. The molecule has 0 radical (unpaired) electrons. The number of amides is 1. The molecule has 0 N–H and O–H groups in total. The van der Waals surface area contributed by atoms with Gasteiger partial charge in [-0.25, -0.2) is 0 Å². The van der Waals surface area contributed by atoms with E-state index in [1.807, 2.05) is 6.07 Å². The van der Waals surface area contributed by atoms with Crippen molar-refractivity contribution in [1.29, 1.82) is 0 Å². The van der Waals surface area contributed by atoms with Gasteiger partial charge in [-0.1, -0.05) is 6.07 Å². The number of aromatic nitrogens is 2. The smallest absolute Gasteiger partial charge is 0.231 e. The third-order valence-corrected chi connectivity index (χ3v) is 7.09. The number of likely N-dealkylation sites (tertiary alicyclic amines) is 1. The topological polar surface area (TPSA) is 67.8 Å². The number of rotatable bonds is 3. The first-order valence-corrected chi connectivity index (χ1v) is 10.5. The molecule has 5 aliphatic rings. The summed E-state index contributed by atoms with van der Waals surface area (Å²) in [5, 5.41) is 0. The third-order valence-electron chi connectivity index (χ3n) is 7.09. The van der Waals surface area contributed by atoms with Gasteiger partial charge in [0.05, 0.1) is 18.2 Å². The maximum absolute atomic E-state index is 13.3. The van der Waals surface area contributed by atoms with Gasteiger partial charge in [-0.2, -0.15) is 0 Å². The summed E-state index contributed by atoms with van der Waals surface area (Å²) in [6.45, 7) is 3.31. The lowest BCUT2D eigenvalue weighted by Crippen LogP contribution is -2.60. The van der Waals surface area contributed by atoms with E-state index in [0.717, 1.165) is 36.8 Å². The number of fused-ring (bicyclic) bond motifs is 3. The lowest BCUT2D eigenvalue weighted by atomic mass is 9.75. The van der Waals surface area contributed by atoms with Crippen molar-refractivity contribution < 1.29 is 14.3 Å². The molecule has 6 heterocycles. The number of carbonyl (C=O) groups is 1. The molecule has 0 aliphatic carbocycles. The van der Waals surface area contributed by atoms with Crippen molar-refractivity contribution >= 4 is 5.91 Å². The molecule has 2 aromatic rings. The van der Waals surface area contributed by atoms with Crippen LogP contribution < -0.4 is 9.47 Å². The molecule has 2 bridgehead atoms. The van der Waals surface area contributed by atoms with Gasteiger partial charge in [0.1, 0.15) is 0 Å². The second-order valence-corrected chi connectivity index (χ2v) is 8.49. The van der Waals surface area contributed by atoms with E-state index in [9.17, 15) is 4.79 Å². The molecule has 0 saturated carbocycles. The maximum Gasteiger partial charge on any atom is 0.231 e. The first-order chi connectivity index (χ1) is 14.3. The van der Waals surface area contributed by atoms with Crippen molar-refractivity contribution in [3.05, 3.63) is 48.0 Å². The van der Waals surface area contributed by atoms with Gasteiger partial charge in [-0.15, -0.1) is 0 Å². The summed E-state index contributed by atoms with van der Waals surface area (Å²) < 4.78 is 11.1. The normalized spacial score (nSPS) is 31.7. The standard InChI is InChI=1S/C22H24N4O3/c27-20(10-16-11-23-5-6-24-16)26-12-17(15-1-2-18-19(9-15)29-13-28-18)22-21(26)14-3-7-25(22)8-4-14/h1-2,5-6,9,11,14,17,21-22H,3-4,7-8,10,12-13H2/t17-,21+,22+/m0/s1. The fourth-order valence-electron chi connectivity index (χ4n) is 5.82. The molecule has 1 aromatic heterocycles. The minimum absolute atomic E-state index is 0.164. The summed E-state index contributed by atoms with van der Waals surface area (Å²) in [5.41, 5.74) is 1.98. The molecule has 0 unspecified atom stereocenters. The zero-order chi connectivity index (χ0) is 19.4. The van der Waals surface area contributed by atoms with Crippen molar-refractivity contribution in [3.63, 3.8) is 0 Å². The maximum atomic E-state index is 13.3. The number of benzene rings is 1. The number of nitrogens with zero attached hydrogens (tertiary/aromatic N) is 4. The van der Waals surface area contributed by atoms with E-state index in [-0.39, 0.29) is 18.7 Å². The number of carbonyl (C=O) groups excluding carboxylic acids is 1. The zero-order valence-corrected chi connectivity index (χ0v) is 16.2. The predicted octanol–water partition coefficient (Wildman–Crippen LogP) is 1.84. The van der Waals surface area contributed by atoms with Crippen LogP contribution in [0.1, 0.15) is 30.0 Å². The summed E-state index contributed by atoms with van der Waals surface area (Å²) in [6.07, 6.45) is 7.67. The van der Waals surface area contributed by atoms with Crippen LogP contribution in [0.3, 0.4) is 0 Å². The second kappa shape index (κ2) is 6.69. The van der Waals surface area contributed by atoms with E-state index in [1.54, 1.807) is 18.6 Å². The molecule has 1 amide bonds. The fraction of sp³-hybridized carbons (Fsp3) is 0.500. The van der Waals surface area contributed by atoms with Crippen LogP contribution in [0.25, 0.3) is 0 Å². The quantitative estimate of drug-likeness (QED) is 0.794. The van der Waals surface area contributed by atoms with Crippen LogP contribution >= 0.6 is 0 Å². The summed E-state index contributed by atoms with van der Waals surface area (Å²) in [4.78, 5) is 26.5.